The van der Waals surface area contributed by atoms with Crippen molar-refractivity contribution < 1.29 is 57.1 Å². The third-order valence-electron chi connectivity index (χ3n) is 6.19. The van der Waals surface area contributed by atoms with Crippen molar-refractivity contribution in [2.24, 2.45) is 0 Å². The highest BCUT2D eigenvalue weighted by Gasteiger charge is 2.53. The Balaban J connectivity index is 1.74. The molecule has 43 heavy (non-hydrogen) atoms. The van der Waals surface area contributed by atoms with Crippen molar-refractivity contribution >= 4 is 46.4 Å². The molecule has 0 unspecified atom stereocenters. The molecule has 2 aromatic carbocycles. The van der Waals surface area contributed by atoms with E-state index in [-0.39, 0.29) is 22.3 Å². The van der Waals surface area contributed by atoms with Crippen molar-refractivity contribution in [3.63, 3.8) is 0 Å². The topological polar surface area (TPSA) is 174 Å². The van der Waals surface area contributed by atoms with Crippen LogP contribution in [0, 0.1) is 0 Å². The number of rotatable bonds is 8. The van der Waals surface area contributed by atoms with Crippen LogP contribution in [0.15, 0.2) is 51.9 Å². The molecule has 1 aliphatic heterocycles. The Morgan fingerprint density at radius 3 is 2.07 bits per heavy atom. The summed E-state index contributed by atoms with van der Waals surface area (Å²) in [6.07, 6.45) is -5.93. The van der Waals surface area contributed by atoms with Crippen molar-refractivity contribution in [2.75, 3.05) is 6.61 Å². The van der Waals surface area contributed by atoms with Crippen LogP contribution in [0.3, 0.4) is 0 Å². The lowest BCUT2D eigenvalue weighted by Gasteiger charge is -2.43. The highest BCUT2D eigenvalue weighted by Crippen LogP contribution is 2.35. The third-order valence-corrected chi connectivity index (χ3v) is 6.44. The average molecular weight is 619 g/mol. The van der Waals surface area contributed by atoms with Crippen molar-refractivity contribution in [1.29, 1.82) is 0 Å². The highest BCUT2D eigenvalue weighted by atomic mass is 35.5. The lowest BCUT2D eigenvalue weighted by Crippen LogP contribution is -2.63. The molecule has 1 N–H and O–H groups in total. The van der Waals surface area contributed by atoms with Crippen molar-refractivity contribution in [3.8, 4) is 22.6 Å². The Bertz CT molecular complexity index is 1600. The van der Waals surface area contributed by atoms with Crippen LogP contribution >= 0.6 is 11.6 Å². The third kappa shape index (κ3) is 7.43. The fourth-order valence-electron chi connectivity index (χ4n) is 4.52. The lowest BCUT2D eigenvalue weighted by molar-refractivity contribution is -0.288. The molecule has 14 heteroatoms. The molecule has 1 saturated heterocycles. The fraction of sp³-hybridized carbons (Fsp3) is 0.345. The van der Waals surface area contributed by atoms with Crippen molar-refractivity contribution in [1.82, 2.24) is 0 Å². The first-order valence-corrected chi connectivity index (χ1v) is 13.2. The van der Waals surface area contributed by atoms with Gasteiger partial charge in [-0.15, -0.1) is 0 Å². The first-order valence-electron chi connectivity index (χ1n) is 12.9. The molecule has 0 bridgehead atoms. The summed E-state index contributed by atoms with van der Waals surface area (Å²) in [5.41, 5.74) is 0.105. The maximum absolute atomic E-state index is 13.2. The molecule has 0 aliphatic carbocycles. The van der Waals surface area contributed by atoms with Crippen LogP contribution < -0.4 is 10.2 Å². The van der Waals surface area contributed by atoms with Gasteiger partial charge in [0, 0.05) is 44.9 Å². The minimum atomic E-state index is -1.56. The molecule has 228 valence electrons. The number of halogens is 1. The molecule has 0 saturated carbocycles. The maximum atomic E-state index is 13.2. The number of phenols is 1. The van der Waals surface area contributed by atoms with Gasteiger partial charge in [-0.25, -0.2) is 0 Å². The lowest BCUT2D eigenvalue weighted by atomic mass is 9.98. The first-order chi connectivity index (χ1) is 20.3. The van der Waals surface area contributed by atoms with Crippen molar-refractivity contribution in [3.05, 3.63) is 57.9 Å². The smallest absolute Gasteiger partial charge is 0.303 e. The second kappa shape index (κ2) is 13.1. The van der Waals surface area contributed by atoms with Crippen LogP contribution in [0.5, 0.6) is 11.5 Å². The summed E-state index contributed by atoms with van der Waals surface area (Å²) < 4.78 is 38.6. The van der Waals surface area contributed by atoms with E-state index < -0.39 is 72.4 Å². The van der Waals surface area contributed by atoms with Crippen molar-refractivity contribution in [2.45, 2.75) is 58.4 Å². The number of ether oxygens (including phenoxy) is 6. The SMILES string of the molecule is CC(=O)OC[C@@H]1O[C@H](Oc2cc(O)c3c(=O)c(-c4ccc(Cl)cc4)coc3c2)[C@@H](OC(C)=O)[C@H](OC(C)=O)[C@H]1OC(C)=O. The largest absolute Gasteiger partial charge is 0.507 e. The number of carbonyl (C=O) groups excluding carboxylic acids is 4. The summed E-state index contributed by atoms with van der Waals surface area (Å²) in [7, 11) is 0. The predicted molar refractivity (Wildman–Crippen MR) is 147 cm³/mol. The number of aromatic hydroxyl groups is 1. The number of benzene rings is 2. The Morgan fingerprint density at radius 2 is 1.47 bits per heavy atom. The second-order valence-electron chi connectivity index (χ2n) is 9.49. The predicted octanol–water partition coefficient (Wildman–Crippen LogP) is 3.28. The van der Waals surface area contributed by atoms with E-state index in [9.17, 15) is 29.1 Å². The molecular formula is C29H27ClO13. The molecule has 3 aromatic rings. The number of phenolic OH excluding ortho intramolecular Hbond substituents is 1. The van der Waals surface area contributed by atoms with Crippen LogP contribution in [0.4, 0.5) is 0 Å². The molecule has 1 aromatic heterocycles. The summed E-state index contributed by atoms with van der Waals surface area (Å²) in [5, 5.41) is 11.2. The van der Waals surface area contributed by atoms with Gasteiger partial charge < -0.3 is 37.9 Å². The van der Waals surface area contributed by atoms with Gasteiger partial charge in [0.15, 0.2) is 12.2 Å². The van der Waals surface area contributed by atoms with Gasteiger partial charge in [0.25, 0.3) is 0 Å². The highest BCUT2D eigenvalue weighted by molar-refractivity contribution is 6.30. The minimum absolute atomic E-state index is 0.0525. The van der Waals surface area contributed by atoms with E-state index >= 15 is 0 Å². The van der Waals surface area contributed by atoms with Crippen LogP contribution in [0.25, 0.3) is 22.1 Å². The number of carbonyl (C=O) groups is 4. The van der Waals surface area contributed by atoms with E-state index in [4.69, 9.17) is 44.4 Å². The maximum Gasteiger partial charge on any atom is 0.303 e. The monoisotopic (exact) mass is 618 g/mol. The van der Waals surface area contributed by atoms with Crippen LogP contribution in [0.1, 0.15) is 27.7 Å². The molecular weight excluding hydrogens is 592 g/mol. The van der Waals surface area contributed by atoms with Gasteiger partial charge in [-0.2, -0.15) is 0 Å². The molecule has 13 nitrogen and oxygen atoms in total. The summed E-state index contributed by atoms with van der Waals surface area (Å²) in [6.45, 7) is 3.96. The second-order valence-corrected chi connectivity index (χ2v) is 9.92. The van der Waals surface area contributed by atoms with Gasteiger partial charge >= 0.3 is 23.9 Å². The molecule has 0 amide bonds. The Morgan fingerprint density at radius 1 is 0.860 bits per heavy atom. The summed E-state index contributed by atoms with van der Waals surface area (Å²) in [4.78, 5) is 60.8. The molecule has 1 fully saturated rings. The standard InChI is InChI=1S/C29H27ClO13/c1-13(31)37-12-23-26(39-14(2)32)27(40-15(3)33)28(41-16(4)34)29(43-23)42-19-9-21(35)24-22(10-19)38-11-20(25(24)36)17-5-7-18(30)8-6-17/h5-11,23,26-29,35H,12H2,1-4H3/t23-,26-,27+,28-,29-/m0/s1. The van der Waals surface area contributed by atoms with E-state index in [0.717, 1.165) is 33.8 Å². The van der Waals surface area contributed by atoms with Gasteiger partial charge in [0.1, 0.15) is 41.4 Å². The fourth-order valence-corrected chi connectivity index (χ4v) is 4.65. The van der Waals surface area contributed by atoms with E-state index in [2.05, 4.69) is 0 Å². The van der Waals surface area contributed by atoms with Crippen LogP contribution in [-0.2, 0) is 42.9 Å². The Hall–Kier alpha value is -4.62. The quantitative estimate of drug-likeness (QED) is 0.288. The number of esters is 4. The van der Waals surface area contributed by atoms with Crippen LogP contribution in [-0.4, -0.2) is 66.3 Å². The zero-order valence-corrected chi connectivity index (χ0v) is 24.1. The van der Waals surface area contributed by atoms with E-state index in [1.165, 1.54) is 12.3 Å². The van der Waals surface area contributed by atoms with E-state index in [1.54, 1.807) is 24.3 Å². The van der Waals surface area contributed by atoms with E-state index in [0.29, 0.717) is 10.6 Å². The molecule has 4 rings (SSSR count). The van der Waals surface area contributed by atoms with Gasteiger partial charge in [-0.1, -0.05) is 23.7 Å². The summed E-state index contributed by atoms with van der Waals surface area (Å²) >= 11 is 5.94. The van der Waals surface area contributed by atoms with Gasteiger partial charge in [-0.3, -0.25) is 24.0 Å². The van der Waals surface area contributed by atoms with Gasteiger partial charge in [0.05, 0.1) is 5.56 Å². The molecule has 5 atom stereocenters. The van der Waals surface area contributed by atoms with Gasteiger partial charge in [-0.05, 0) is 17.7 Å². The number of fused-ring (bicyclic) bond motifs is 1. The summed E-state index contributed by atoms with van der Waals surface area (Å²) in [5.74, 6) is -3.70. The first kappa shape index (κ1) is 31.3. The summed E-state index contributed by atoms with van der Waals surface area (Å²) in [6, 6.07) is 8.85. The average Bonchev–Trinajstić information content (AvgIpc) is 2.91. The normalized spacial score (nSPS) is 21.5. The molecule has 2 heterocycles. The molecule has 1 aliphatic rings. The van der Waals surface area contributed by atoms with Gasteiger partial charge in [0.2, 0.25) is 17.8 Å². The Kier molecular flexibility index (Phi) is 9.56. The number of hydrogen-bond donors (Lipinski definition) is 1. The Labute approximate surface area is 249 Å². The zero-order chi connectivity index (χ0) is 31.4. The minimum Gasteiger partial charge on any atom is -0.507 e. The van der Waals surface area contributed by atoms with E-state index in [1.807, 2.05) is 0 Å². The molecule has 0 spiro atoms. The zero-order valence-electron chi connectivity index (χ0n) is 23.4. The van der Waals surface area contributed by atoms with Crippen LogP contribution in [0.2, 0.25) is 5.02 Å². The number of hydrogen-bond acceptors (Lipinski definition) is 13. The molecule has 0 radical (unpaired) electrons.